The second-order valence-electron chi connectivity index (χ2n) is 3.92. The molecule has 2 rings (SSSR count). The first-order chi connectivity index (χ1) is 6.67. The molecular formula is C10H15BrN2O. The topological polar surface area (TPSA) is 62.0 Å². The lowest BCUT2D eigenvalue weighted by molar-refractivity contribution is 0.0128. The van der Waals surface area contributed by atoms with Gasteiger partial charge in [0.1, 0.15) is 0 Å². The molecule has 0 spiro atoms. The highest BCUT2D eigenvalue weighted by Crippen LogP contribution is 2.40. The second-order valence-corrected chi connectivity index (χ2v) is 4.71. The maximum atomic E-state index is 10.4. The van der Waals surface area contributed by atoms with E-state index in [9.17, 15) is 5.11 Å². The first kappa shape index (κ1) is 10.2. The summed E-state index contributed by atoms with van der Waals surface area (Å²) in [5, 5.41) is 10.4. The molecule has 0 amide bonds. The highest BCUT2D eigenvalue weighted by Gasteiger charge is 2.35. The van der Waals surface area contributed by atoms with Crippen LogP contribution in [0.15, 0.2) is 10.8 Å². The number of aromatic nitrogens is 1. The average molecular weight is 259 g/mol. The van der Waals surface area contributed by atoms with E-state index in [2.05, 4.69) is 20.9 Å². The van der Waals surface area contributed by atoms with Gasteiger partial charge in [-0.05, 0) is 53.7 Å². The lowest BCUT2D eigenvalue weighted by Gasteiger charge is -2.32. The Kier molecular flexibility index (Phi) is 2.68. The fraction of sp³-hybridized carbons (Fsp3) is 0.600. The summed E-state index contributed by atoms with van der Waals surface area (Å²) in [7, 11) is 0. The van der Waals surface area contributed by atoms with Gasteiger partial charge in [0.2, 0.25) is 0 Å². The van der Waals surface area contributed by atoms with Gasteiger partial charge in [-0.25, -0.2) is 0 Å². The molecule has 0 bridgehead atoms. The van der Waals surface area contributed by atoms with Crippen molar-refractivity contribution in [3.05, 3.63) is 21.9 Å². The van der Waals surface area contributed by atoms with E-state index in [1.54, 1.807) is 0 Å². The fourth-order valence-corrected chi connectivity index (χ4v) is 2.80. The van der Waals surface area contributed by atoms with E-state index in [4.69, 9.17) is 5.73 Å². The first-order valence-corrected chi connectivity index (χ1v) is 5.75. The van der Waals surface area contributed by atoms with Crippen molar-refractivity contribution in [2.45, 2.75) is 31.3 Å². The number of aliphatic hydroxyl groups is 1. The van der Waals surface area contributed by atoms with Gasteiger partial charge in [-0.15, -0.1) is 0 Å². The van der Waals surface area contributed by atoms with Crippen LogP contribution in [0.2, 0.25) is 0 Å². The molecule has 1 heterocycles. The largest absolute Gasteiger partial charge is 0.385 e. The number of rotatable bonds is 2. The SMILES string of the molecule is NCCC1(O)CCCc2c1c[nH]c2Br. The first-order valence-electron chi connectivity index (χ1n) is 4.96. The van der Waals surface area contributed by atoms with Crippen molar-refractivity contribution in [1.82, 2.24) is 4.98 Å². The number of halogens is 1. The molecule has 0 saturated heterocycles. The average Bonchev–Trinajstić information content (AvgIpc) is 2.50. The van der Waals surface area contributed by atoms with Gasteiger partial charge in [0.05, 0.1) is 10.2 Å². The molecule has 1 aliphatic carbocycles. The van der Waals surface area contributed by atoms with E-state index in [1.165, 1.54) is 5.56 Å². The van der Waals surface area contributed by atoms with Crippen molar-refractivity contribution in [3.8, 4) is 0 Å². The highest BCUT2D eigenvalue weighted by atomic mass is 79.9. The second kappa shape index (κ2) is 3.68. The zero-order chi connectivity index (χ0) is 10.2. The molecule has 1 aromatic rings. The minimum atomic E-state index is -0.704. The number of H-pyrrole nitrogens is 1. The quantitative estimate of drug-likeness (QED) is 0.756. The summed E-state index contributed by atoms with van der Waals surface area (Å²) in [6, 6.07) is 0. The van der Waals surface area contributed by atoms with E-state index in [0.29, 0.717) is 13.0 Å². The normalized spacial score (nSPS) is 26.2. The van der Waals surface area contributed by atoms with Crippen molar-refractivity contribution in [3.63, 3.8) is 0 Å². The standard InChI is InChI=1S/C10H15BrN2O/c11-9-7-2-1-3-10(14,4-5-12)8(7)6-13-9/h6,13-14H,1-5,12H2. The number of hydrogen-bond donors (Lipinski definition) is 3. The molecule has 4 N–H and O–H groups in total. The molecule has 14 heavy (non-hydrogen) atoms. The molecule has 1 unspecified atom stereocenters. The lowest BCUT2D eigenvalue weighted by atomic mass is 9.79. The third-order valence-corrected chi connectivity index (χ3v) is 3.72. The smallest absolute Gasteiger partial charge is 0.0926 e. The van der Waals surface area contributed by atoms with Gasteiger partial charge in [-0.3, -0.25) is 0 Å². The van der Waals surface area contributed by atoms with Gasteiger partial charge in [0.25, 0.3) is 0 Å². The maximum absolute atomic E-state index is 10.4. The van der Waals surface area contributed by atoms with Crippen LogP contribution in [0.5, 0.6) is 0 Å². The third-order valence-electron chi connectivity index (χ3n) is 3.01. The molecule has 1 aliphatic rings. The monoisotopic (exact) mass is 258 g/mol. The van der Waals surface area contributed by atoms with Crippen LogP contribution in [-0.2, 0) is 12.0 Å². The number of hydrogen-bond acceptors (Lipinski definition) is 2. The van der Waals surface area contributed by atoms with Crippen LogP contribution in [0.4, 0.5) is 0 Å². The summed E-state index contributed by atoms with van der Waals surface area (Å²) in [6.45, 7) is 0.527. The van der Waals surface area contributed by atoms with Crippen LogP contribution in [0, 0.1) is 0 Å². The fourth-order valence-electron chi connectivity index (χ4n) is 2.28. The molecule has 0 fully saturated rings. The summed E-state index contributed by atoms with van der Waals surface area (Å²) in [5.74, 6) is 0. The summed E-state index contributed by atoms with van der Waals surface area (Å²) < 4.78 is 1.00. The van der Waals surface area contributed by atoms with Gasteiger partial charge >= 0.3 is 0 Å². The lowest BCUT2D eigenvalue weighted by Crippen LogP contribution is -2.32. The molecule has 0 aliphatic heterocycles. The summed E-state index contributed by atoms with van der Waals surface area (Å²) >= 11 is 3.46. The molecule has 0 saturated carbocycles. The van der Waals surface area contributed by atoms with Crippen LogP contribution in [0.1, 0.15) is 30.4 Å². The van der Waals surface area contributed by atoms with Gasteiger partial charge in [0.15, 0.2) is 0 Å². The van der Waals surface area contributed by atoms with Gasteiger partial charge in [0, 0.05) is 11.8 Å². The maximum Gasteiger partial charge on any atom is 0.0926 e. The summed E-state index contributed by atoms with van der Waals surface area (Å²) in [4.78, 5) is 3.11. The van der Waals surface area contributed by atoms with Crippen molar-refractivity contribution < 1.29 is 5.11 Å². The Bertz CT molecular complexity index is 337. The predicted octanol–water partition coefficient (Wildman–Crippen LogP) is 1.65. The molecule has 0 radical (unpaired) electrons. The molecule has 3 nitrogen and oxygen atoms in total. The molecule has 1 aromatic heterocycles. The van der Waals surface area contributed by atoms with Gasteiger partial charge in [-0.2, -0.15) is 0 Å². The van der Waals surface area contributed by atoms with Crippen molar-refractivity contribution in [2.75, 3.05) is 6.54 Å². The van der Waals surface area contributed by atoms with Crippen molar-refractivity contribution in [1.29, 1.82) is 0 Å². The number of nitrogens with one attached hydrogen (secondary N) is 1. The Hall–Kier alpha value is -0.320. The van der Waals surface area contributed by atoms with E-state index in [1.807, 2.05) is 6.20 Å². The Balaban J connectivity index is 2.40. The molecule has 1 atom stereocenters. The van der Waals surface area contributed by atoms with Gasteiger partial charge < -0.3 is 15.8 Å². The zero-order valence-corrected chi connectivity index (χ0v) is 9.60. The Morgan fingerprint density at radius 1 is 1.64 bits per heavy atom. The number of nitrogens with two attached hydrogens (primary N) is 1. The van der Waals surface area contributed by atoms with E-state index < -0.39 is 5.60 Å². The van der Waals surface area contributed by atoms with Crippen LogP contribution in [0.3, 0.4) is 0 Å². The van der Waals surface area contributed by atoms with Crippen molar-refractivity contribution >= 4 is 15.9 Å². The predicted molar refractivity (Wildman–Crippen MR) is 59.0 cm³/mol. The van der Waals surface area contributed by atoms with Crippen molar-refractivity contribution in [2.24, 2.45) is 5.73 Å². The van der Waals surface area contributed by atoms with E-state index >= 15 is 0 Å². The van der Waals surface area contributed by atoms with Crippen LogP contribution >= 0.6 is 15.9 Å². The molecule has 78 valence electrons. The van der Waals surface area contributed by atoms with Crippen LogP contribution in [-0.4, -0.2) is 16.6 Å². The summed E-state index contributed by atoms with van der Waals surface area (Å²) in [6.07, 6.45) is 5.42. The zero-order valence-electron chi connectivity index (χ0n) is 8.02. The third kappa shape index (κ3) is 1.51. The minimum absolute atomic E-state index is 0.527. The van der Waals surface area contributed by atoms with E-state index in [0.717, 1.165) is 29.4 Å². The molecule has 4 heteroatoms. The van der Waals surface area contributed by atoms with Crippen LogP contribution < -0.4 is 5.73 Å². The molecular weight excluding hydrogens is 244 g/mol. The Morgan fingerprint density at radius 2 is 2.43 bits per heavy atom. The number of fused-ring (bicyclic) bond motifs is 1. The Labute approximate surface area is 91.8 Å². The number of aromatic amines is 1. The van der Waals surface area contributed by atoms with E-state index in [-0.39, 0.29) is 0 Å². The highest BCUT2D eigenvalue weighted by molar-refractivity contribution is 9.10. The van der Waals surface area contributed by atoms with Crippen LogP contribution in [0.25, 0.3) is 0 Å². The molecule has 0 aromatic carbocycles. The Morgan fingerprint density at radius 3 is 3.14 bits per heavy atom. The van der Waals surface area contributed by atoms with Gasteiger partial charge in [-0.1, -0.05) is 0 Å². The summed E-state index contributed by atoms with van der Waals surface area (Å²) in [5.41, 5.74) is 7.07. The minimum Gasteiger partial charge on any atom is -0.385 e.